The summed E-state index contributed by atoms with van der Waals surface area (Å²) in [4.78, 5) is 2.44. The van der Waals surface area contributed by atoms with Crippen molar-refractivity contribution in [1.82, 2.24) is 0 Å². The second-order valence-corrected chi connectivity index (χ2v) is 15.1. The number of fused-ring (bicyclic) bond motifs is 3. The van der Waals surface area contributed by atoms with Crippen molar-refractivity contribution in [1.29, 1.82) is 0 Å². The number of thiophene rings is 1. The number of hydrogen-bond acceptors (Lipinski definition) is 2. The second-order valence-electron chi connectivity index (χ2n) is 14.1. The number of benzene rings is 9. The standard InChI is InChI=1S/C54H37NS/c1-4-17-38(18-5-1)42-23-14-24-44(37-42)55(43-35-33-41(34-36-43)47-29-15-30-50-48-26-12-13-32-52(48)56-54(47)50)51-31-16-28-46(40-21-8-3-9-22-40)53(51)49-27-11-10-25-45(49)39-19-6-2-7-20-39/h1-37H. The summed E-state index contributed by atoms with van der Waals surface area (Å²) in [6, 6.07) is 81.3. The van der Waals surface area contributed by atoms with E-state index in [9.17, 15) is 0 Å². The van der Waals surface area contributed by atoms with E-state index in [1.807, 2.05) is 11.3 Å². The molecular weight excluding hydrogens is 695 g/mol. The maximum atomic E-state index is 2.44. The highest BCUT2D eigenvalue weighted by atomic mass is 32.1. The lowest BCUT2D eigenvalue weighted by Crippen LogP contribution is -2.12. The Kier molecular flexibility index (Phi) is 8.79. The molecule has 0 saturated carbocycles. The minimum atomic E-state index is 1.09. The summed E-state index contributed by atoms with van der Waals surface area (Å²) >= 11 is 1.87. The predicted molar refractivity (Wildman–Crippen MR) is 241 cm³/mol. The SMILES string of the molecule is c1ccc(-c2cccc(N(c3ccc(-c4cccc5c4sc4ccccc45)cc3)c3cccc(-c4ccccc4)c3-c3ccccc3-c3ccccc3)c2)cc1. The molecule has 0 aliphatic rings. The Morgan fingerprint density at radius 1 is 0.304 bits per heavy atom. The van der Waals surface area contributed by atoms with Crippen LogP contribution in [-0.4, -0.2) is 0 Å². The van der Waals surface area contributed by atoms with Gasteiger partial charge in [0.15, 0.2) is 0 Å². The Balaban J connectivity index is 1.21. The highest BCUT2D eigenvalue weighted by Gasteiger charge is 2.23. The summed E-state index contributed by atoms with van der Waals surface area (Å²) in [6.07, 6.45) is 0. The van der Waals surface area contributed by atoms with Crippen LogP contribution in [0.5, 0.6) is 0 Å². The van der Waals surface area contributed by atoms with Gasteiger partial charge in [-0.05, 0) is 86.5 Å². The largest absolute Gasteiger partial charge is 0.310 e. The molecule has 264 valence electrons. The fourth-order valence-electron chi connectivity index (χ4n) is 8.09. The van der Waals surface area contributed by atoms with Crippen molar-refractivity contribution in [3.63, 3.8) is 0 Å². The van der Waals surface area contributed by atoms with Gasteiger partial charge in [-0.3, -0.25) is 0 Å². The molecule has 0 atom stereocenters. The van der Waals surface area contributed by atoms with E-state index in [4.69, 9.17) is 0 Å². The van der Waals surface area contributed by atoms with E-state index in [-0.39, 0.29) is 0 Å². The van der Waals surface area contributed by atoms with Crippen LogP contribution >= 0.6 is 11.3 Å². The molecule has 0 N–H and O–H groups in total. The summed E-state index contributed by atoms with van der Waals surface area (Å²) in [5, 5.41) is 2.63. The van der Waals surface area contributed by atoms with Crippen LogP contribution < -0.4 is 4.90 Å². The Labute approximate surface area is 332 Å². The van der Waals surface area contributed by atoms with Gasteiger partial charge < -0.3 is 4.90 Å². The maximum absolute atomic E-state index is 2.44. The van der Waals surface area contributed by atoms with Crippen LogP contribution in [0.1, 0.15) is 0 Å². The Hall–Kier alpha value is -7.00. The highest BCUT2D eigenvalue weighted by molar-refractivity contribution is 7.26. The third-order valence-electron chi connectivity index (χ3n) is 10.7. The first-order valence-electron chi connectivity index (χ1n) is 19.1. The minimum absolute atomic E-state index is 1.09. The van der Waals surface area contributed by atoms with Crippen LogP contribution in [0.15, 0.2) is 224 Å². The lowest BCUT2D eigenvalue weighted by Gasteiger charge is -2.30. The molecule has 1 heterocycles. The van der Waals surface area contributed by atoms with Crippen LogP contribution in [-0.2, 0) is 0 Å². The van der Waals surface area contributed by atoms with Gasteiger partial charge in [0.1, 0.15) is 0 Å². The molecule has 0 amide bonds. The maximum Gasteiger partial charge on any atom is 0.0546 e. The van der Waals surface area contributed by atoms with Crippen LogP contribution in [0.4, 0.5) is 17.1 Å². The fraction of sp³-hybridized carbons (Fsp3) is 0. The normalized spacial score (nSPS) is 11.2. The van der Waals surface area contributed by atoms with E-state index in [0.717, 1.165) is 17.1 Å². The third kappa shape index (κ3) is 6.17. The molecule has 10 rings (SSSR count). The van der Waals surface area contributed by atoms with Crippen molar-refractivity contribution >= 4 is 48.6 Å². The Bertz CT molecular complexity index is 2950. The molecule has 56 heavy (non-hydrogen) atoms. The Morgan fingerprint density at radius 2 is 0.821 bits per heavy atom. The van der Waals surface area contributed by atoms with Crippen LogP contribution in [0.2, 0.25) is 0 Å². The average molecular weight is 732 g/mol. The van der Waals surface area contributed by atoms with Gasteiger partial charge in [0.2, 0.25) is 0 Å². The van der Waals surface area contributed by atoms with Gasteiger partial charge in [-0.2, -0.15) is 0 Å². The summed E-state index contributed by atoms with van der Waals surface area (Å²) in [7, 11) is 0. The molecule has 10 aromatic rings. The average Bonchev–Trinajstić information content (AvgIpc) is 3.67. The second kappa shape index (κ2) is 14.7. The van der Waals surface area contributed by atoms with E-state index < -0.39 is 0 Å². The van der Waals surface area contributed by atoms with Crippen LogP contribution in [0, 0.1) is 0 Å². The van der Waals surface area contributed by atoms with Gasteiger partial charge in [-0.1, -0.05) is 188 Å². The van der Waals surface area contributed by atoms with Crippen LogP contribution in [0.25, 0.3) is 75.8 Å². The smallest absolute Gasteiger partial charge is 0.0546 e. The van der Waals surface area contributed by atoms with Crippen molar-refractivity contribution < 1.29 is 0 Å². The lowest BCUT2D eigenvalue weighted by molar-refractivity contribution is 1.28. The van der Waals surface area contributed by atoms with Crippen LogP contribution in [0.3, 0.4) is 0 Å². The summed E-state index contributed by atoms with van der Waals surface area (Å²) in [6.45, 7) is 0. The first-order chi connectivity index (χ1) is 27.8. The first kappa shape index (κ1) is 33.6. The monoisotopic (exact) mass is 731 g/mol. The molecule has 0 saturated heterocycles. The molecule has 1 aromatic heterocycles. The molecule has 0 unspecified atom stereocenters. The molecule has 0 bridgehead atoms. The lowest BCUT2D eigenvalue weighted by atomic mass is 9.87. The van der Waals surface area contributed by atoms with Gasteiger partial charge in [0.05, 0.1) is 5.69 Å². The zero-order valence-corrected chi connectivity index (χ0v) is 31.5. The van der Waals surface area contributed by atoms with Gasteiger partial charge in [-0.15, -0.1) is 11.3 Å². The van der Waals surface area contributed by atoms with Gasteiger partial charge in [0.25, 0.3) is 0 Å². The zero-order valence-electron chi connectivity index (χ0n) is 30.7. The fourth-order valence-corrected chi connectivity index (χ4v) is 9.32. The quantitative estimate of drug-likeness (QED) is 0.150. The van der Waals surface area contributed by atoms with Crippen molar-refractivity contribution in [3.8, 4) is 55.6 Å². The molecule has 0 aliphatic heterocycles. The number of hydrogen-bond donors (Lipinski definition) is 0. The van der Waals surface area contributed by atoms with Gasteiger partial charge >= 0.3 is 0 Å². The molecule has 0 fully saturated rings. The topological polar surface area (TPSA) is 3.24 Å². The van der Waals surface area contributed by atoms with Crippen molar-refractivity contribution in [2.24, 2.45) is 0 Å². The molecule has 9 aromatic carbocycles. The van der Waals surface area contributed by atoms with Crippen molar-refractivity contribution in [3.05, 3.63) is 224 Å². The van der Waals surface area contributed by atoms with E-state index >= 15 is 0 Å². The molecule has 0 radical (unpaired) electrons. The van der Waals surface area contributed by atoms with Crippen molar-refractivity contribution in [2.45, 2.75) is 0 Å². The number of rotatable bonds is 8. The predicted octanol–water partition coefficient (Wildman–Crippen LogP) is 15.9. The van der Waals surface area contributed by atoms with E-state index in [0.29, 0.717) is 0 Å². The van der Waals surface area contributed by atoms with Gasteiger partial charge in [0, 0.05) is 37.1 Å². The van der Waals surface area contributed by atoms with E-state index in [2.05, 4.69) is 229 Å². The van der Waals surface area contributed by atoms with Crippen molar-refractivity contribution in [2.75, 3.05) is 4.90 Å². The first-order valence-corrected chi connectivity index (χ1v) is 19.9. The van der Waals surface area contributed by atoms with Gasteiger partial charge in [-0.25, -0.2) is 0 Å². The van der Waals surface area contributed by atoms with E-state index in [1.54, 1.807) is 0 Å². The highest BCUT2D eigenvalue weighted by Crippen LogP contribution is 2.49. The molecule has 0 spiro atoms. The number of anilines is 3. The molecule has 0 aliphatic carbocycles. The molecule has 1 nitrogen and oxygen atoms in total. The third-order valence-corrected chi connectivity index (χ3v) is 11.9. The molecular formula is C54H37NS. The Morgan fingerprint density at radius 3 is 1.57 bits per heavy atom. The molecule has 2 heteroatoms. The summed E-state index contributed by atoms with van der Waals surface area (Å²) in [5.74, 6) is 0. The zero-order chi connectivity index (χ0) is 37.3. The summed E-state index contributed by atoms with van der Waals surface area (Å²) in [5.41, 5.74) is 15.2. The summed E-state index contributed by atoms with van der Waals surface area (Å²) < 4.78 is 2.64. The number of nitrogens with zero attached hydrogens (tertiary/aromatic N) is 1. The van der Waals surface area contributed by atoms with E-state index in [1.165, 1.54) is 75.8 Å². The minimum Gasteiger partial charge on any atom is -0.310 e.